The summed E-state index contributed by atoms with van der Waals surface area (Å²) in [4.78, 5) is 0. The summed E-state index contributed by atoms with van der Waals surface area (Å²) >= 11 is 0. The van der Waals surface area contributed by atoms with E-state index < -0.39 is 45.4 Å². The van der Waals surface area contributed by atoms with Crippen molar-refractivity contribution in [3.05, 3.63) is 0 Å². The number of ether oxygens (including phenoxy) is 2. The van der Waals surface area contributed by atoms with Crippen LogP contribution in [0.3, 0.4) is 0 Å². The van der Waals surface area contributed by atoms with Crippen LogP contribution in [0.15, 0.2) is 0 Å². The van der Waals surface area contributed by atoms with E-state index in [1.54, 1.807) is 0 Å². The van der Waals surface area contributed by atoms with Crippen molar-refractivity contribution in [3.63, 3.8) is 0 Å². The lowest BCUT2D eigenvalue weighted by Gasteiger charge is -2.40. The van der Waals surface area contributed by atoms with Crippen molar-refractivity contribution in [1.29, 1.82) is 0 Å². The molecule has 0 spiro atoms. The molecule has 0 aromatic carbocycles. The number of hydrogen-bond acceptors (Lipinski definition) is 6. The molecule has 0 unspecified atom stereocenters. The van der Waals surface area contributed by atoms with E-state index in [1.807, 2.05) is 0 Å². The summed E-state index contributed by atoms with van der Waals surface area (Å²) in [6.45, 7) is 6.68. The maximum absolute atomic E-state index is 9.89. The van der Waals surface area contributed by atoms with Crippen LogP contribution in [-0.4, -0.2) is 72.4 Å². The maximum atomic E-state index is 9.89. The van der Waals surface area contributed by atoms with E-state index >= 15 is 0 Å². The molecule has 0 radical (unpaired) electrons. The number of hydrogen-bond donors (Lipinski definition) is 4. The SMILES string of the molecule is CC[Si](CC)(CC)CCO[C@@H]1O[C@H](CO)[C@H](O)[C@H](O)[C@H]1O. The van der Waals surface area contributed by atoms with Crippen LogP contribution in [-0.2, 0) is 9.47 Å². The molecule has 1 aliphatic rings. The van der Waals surface area contributed by atoms with Gasteiger partial charge in [-0.3, -0.25) is 0 Å². The minimum Gasteiger partial charge on any atom is -0.394 e. The van der Waals surface area contributed by atoms with Crippen molar-refractivity contribution >= 4 is 8.07 Å². The lowest BCUT2D eigenvalue weighted by atomic mass is 9.99. The number of aliphatic hydroxyl groups excluding tert-OH is 4. The molecule has 0 bridgehead atoms. The van der Waals surface area contributed by atoms with Crippen LogP contribution in [0.25, 0.3) is 0 Å². The first kappa shape index (κ1) is 19.0. The van der Waals surface area contributed by atoms with Crippen molar-refractivity contribution in [3.8, 4) is 0 Å². The Morgan fingerprint density at radius 3 is 2.00 bits per heavy atom. The molecule has 7 heteroatoms. The van der Waals surface area contributed by atoms with Gasteiger partial charge in [-0.05, 0) is 6.04 Å². The summed E-state index contributed by atoms with van der Waals surface area (Å²) < 4.78 is 10.9. The van der Waals surface area contributed by atoms with Gasteiger partial charge in [0.2, 0.25) is 0 Å². The minimum atomic E-state index is -1.37. The molecular formula is C14H30O6Si. The summed E-state index contributed by atoms with van der Waals surface area (Å²) in [6, 6.07) is 4.56. The zero-order chi connectivity index (χ0) is 16.0. The van der Waals surface area contributed by atoms with Gasteiger partial charge in [-0.2, -0.15) is 0 Å². The molecule has 0 aliphatic carbocycles. The molecule has 126 valence electrons. The topological polar surface area (TPSA) is 99.4 Å². The summed E-state index contributed by atoms with van der Waals surface area (Å²) in [6.07, 6.45) is -5.91. The van der Waals surface area contributed by atoms with E-state index in [0.29, 0.717) is 6.61 Å². The van der Waals surface area contributed by atoms with Gasteiger partial charge in [0.15, 0.2) is 6.29 Å². The third-order valence-corrected chi connectivity index (χ3v) is 10.8. The van der Waals surface area contributed by atoms with E-state index in [4.69, 9.17) is 14.6 Å². The van der Waals surface area contributed by atoms with Crippen molar-refractivity contribution in [2.24, 2.45) is 0 Å². The lowest BCUT2D eigenvalue weighted by molar-refractivity contribution is -0.300. The van der Waals surface area contributed by atoms with Gasteiger partial charge in [-0.25, -0.2) is 0 Å². The van der Waals surface area contributed by atoms with Crippen molar-refractivity contribution in [2.45, 2.75) is 75.7 Å². The quantitative estimate of drug-likeness (QED) is 0.480. The first-order chi connectivity index (χ1) is 9.94. The molecule has 0 aromatic rings. The predicted molar refractivity (Wildman–Crippen MR) is 81.7 cm³/mol. The van der Waals surface area contributed by atoms with Crippen LogP contribution in [0.2, 0.25) is 24.2 Å². The van der Waals surface area contributed by atoms with Gasteiger partial charge in [-0.1, -0.05) is 38.9 Å². The Kier molecular flexibility index (Phi) is 7.76. The van der Waals surface area contributed by atoms with Crippen LogP contribution < -0.4 is 0 Å². The van der Waals surface area contributed by atoms with E-state index in [1.165, 1.54) is 18.1 Å². The van der Waals surface area contributed by atoms with Crippen LogP contribution in [0.5, 0.6) is 0 Å². The van der Waals surface area contributed by atoms with E-state index in [-0.39, 0.29) is 0 Å². The maximum Gasteiger partial charge on any atom is 0.186 e. The molecule has 0 saturated carbocycles. The highest BCUT2D eigenvalue weighted by molar-refractivity contribution is 6.79. The Labute approximate surface area is 127 Å². The van der Waals surface area contributed by atoms with Crippen molar-refractivity contribution in [1.82, 2.24) is 0 Å². The molecule has 1 rings (SSSR count). The summed E-state index contributed by atoms with van der Waals surface area (Å²) in [5.74, 6) is 0. The highest BCUT2D eigenvalue weighted by atomic mass is 28.3. The average molecular weight is 322 g/mol. The molecule has 0 aromatic heterocycles. The molecular weight excluding hydrogens is 292 g/mol. The molecule has 21 heavy (non-hydrogen) atoms. The average Bonchev–Trinajstić information content (AvgIpc) is 2.52. The van der Waals surface area contributed by atoms with Gasteiger partial charge in [0, 0.05) is 6.61 Å². The molecule has 1 aliphatic heterocycles. The largest absolute Gasteiger partial charge is 0.394 e. The molecule has 1 fully saturated rings. The highest BCUT2D eigenvalue weighted by Crippen LogP contribution is 2.27. The van der Waals surface area contributed by atoms with Crippen LogP contribution in [0, 0.1) is 0 Å². The Hall–Kier alpha value is -0.0231. The van der Waals surface area contributed by atoms with Gasteiger partial charge in [0.05, 0.1) is 14.7 Å². The number of rotatable bonds is 8. The Balaban J connectivity index is 2.54. The Morgan fingerprint density at radius 2 is 1.52 bits per heavy atom. The fraction of sp³-hybridized carbons (Fsp3) is 1.00. The van der Waals surface area contributed by atoms with Crippen molar-refractivity contribution in [2.75, 3.05) is 13.2 Å². The molecule has 1 heterocycles. The smallest absolute Gasteiger partial charge is 0.186 e. The Bertz CT molecular complexity index is 289. The van der Waals surface area contributed by atoms with E-state index in [9.17, 15) is 15.3 Å². The molecule has 4 N–H and O–H groups in total. The van der Waals surface area contributed by atoms with Crippen LogP contribution in [0.4, 0.5) is 0 Å². The first-order valence-corrected chi connectivity index (χ1v) is 10.7. The van der Waals surface area contributed by atoms with E-state index in [0.717, 1.165) is 6.04 Å². The molecule has 0 amide bonds. The van der Waals surface area contributed by atoms with Gasteiger partial charge < -0.3 is 29.9 Å². The standard InChI is InChI=1S/C14H30O6Si/c1-4-21(5-2,6-3)8-7-19-14-13(18)12(17)11(16)10(9-15)20-14/h10-18H,4-9H2,1-3H3/t10-,11+,12+,13-,14-/m1/s1. The normalized spacial score (nSPS) is 34.1. The van der Waals surface area contributed by atoms with Crippen molar-refractivity contribution < 1.29 is 29.9 Å². The second-order valence-electron chi connectivity index (χ2n) is 5.88. The fourth-order valence-corrected chi connectivity index (χ4v) is 5.99. The van der Waals surface area contributed by atoms with Gasteiger partial charge in [0.25, 0.3) is 0 Å². The second kappa shape index (κ2) is 8.57. The molecule has 6 nitrogen and oxygen atoms in total. The Morgan fingerprint density at radius 1 is 0.952 bits per heavy atom. The predicted octanol–water partition coefficient (Wildman–Crippen LogP) is 0.311. The zero-order valence-electron chi connectivity index (χ0n) is 13.2. The zero-order valence-corrected chi connectivity index (χ0v) is 14.2. The number of aliphatic hydroxyl groups is 4. The summed E-state index contributed by atoms with van der Waals surface area (Å²) in [7, 11) is -1.30. The molecule has 5 atom stereocenters. The van der Waals surface area contributed by atoms with Crippen LogP contribution in [0.1, 0.15) is 20.8 Å². The van der Waals surface area contributed by atoms with E-state index in [2.05, 4.69) is 20.8 Å². The highest BCUT2D eigenvalue weighted by Gasteiger charge is 2.44. The van der Waals surface area contributed by atoms with Gasteiger partial charge in [0.1, 0.15) is 24.4 Å². The summed E-state index contributed by atoms with van der Waals surface area (Å²) in [5.41, 5.74) is 0. The van der Waals surface area contributed by atoms with Gasteiger partial charge >= 0.3 is 0 Å². The van der Waals surface area contributed by atoms with Gasteiger partial charge in [-0.15, -0.1) is 0 Å². The third-order valence-electron chi connectivity index (χ3n) is 5.01. The lowest BCUT2D eigenvalue weighted by Crippen LogP contribution is -2.59. The second-order valence-corrected chi connectivity index (χ2v) is 11.5. The van der Waals surface area contributed by atoms with Crippen LogP contribution >= 0.6 is 0 Å². The summed E-state index contributed by atoms with van der Waals surface area (Å²) in [5, 5.41) is 38.4. The third kappa shape index (κ3) is 4.48. The minimum absolute atomic E-state index is 0.428. The first-order valence-electron chi connectivity index (χ1n) is 7.86. The monoisotopic (exact) mass is 322 g/mol. The fourth-order valence-electron chi connectivity index (χ4n) is 2.88. The molecule has 1 saturated heterocycles.